The number of hydrogen-bond acceptors (Lipinski definition) is 3. The van der Waals surface area contributed by atoms with Gasteiger partial charge in [-0.05, 0) is 79.3 Å². The van der Waals surface area contributed by atoms with Crippen molar-refractivity contribution in [2.75, 3.05) is 30.9 Å². The largest absolute Gasteiger partial charge is 0.378 e. The van der Waals surface area contributed by atoms with E-state index in [0.717, 1.165) is 43.5 Å². The lowest BCUT2D eigenvalue weighted by Gasteiger charge is -2.53. The van der Waals surface area contributed by atoms with E-state index in [4.69, 9.17) is 0 Å². The fraction of sp³-hybridized carbons (Fsp3) is 0.462. The second kappa shape index (κ2) is 7.70. The molecule has 1 N–H and O–H groups in total. The van der Waals surface area contributed by atoms with Crippen molar-refractivity contribution in [2.24, 2.45) is 11.8 Å². The quantitative estimate of drug-likeness (QED) is 0.768. The lowest BCUT2D eigenvalue weighted by atomic mass is 9.62. The van der Waals surface area contributed by atoms with Gasteiger partial charge in [0.05, 0.1) is 0 Å². The Morgan fingerprint density at radius 1 is 1.03 bits per heavy atom. The van der Waals surface area contributed by atoms with Gasteiger partial charge in [-0.1, -0.05) is 24.3 Å². The summed E-state index contributed by atoms with van der Waals surface area (Å²) >= 11 is 0. The van der Waals surface area contributed by atoms with Crippen molar-refractivity contribution in [1.82, 2.24) is 4.90 Å². The van der Waals surface area contributed by atoms with Crippen LogP contribution >= 0.6 is 0 Å². The number of amides is 2. The number of benzene rings is 2. The lowest BCUT2D eigenvalue weighted by molar-refractivity contribution is -0.159. The summed E-state index contributed by atoms with van der Waals surface area (Å²) in [6, 6.07) is 16.6. The minimum absolute atomic E-state index is 0.0181. The number of anilines is 2. The molecule has 2 aromatic carbocycles. The van der Waals surface area contributed by atoms with E-state index in [1.165, 1.54) is 11.1 Å². The van der Waals surface area contributed by atoms with E-state index in [1.807, 2.05) is 48.2 Å². The molecule has 3 atom stereocenters. The Morgan fingerprint density at radius 3 is 2.29 bits per heavy atom. The second-order valence-electron chi connectivity index (χ2n) is 9.66. The molecular weight excluding hydrogens is 386 g/mol. The third-order valence-corrected chi connectivity index (χ3v) is 7.71. The SMILES string of the molecule is CN(C)c1ccc(NC(=O)[C@]2(N3CCC3=O)CC[C@H]3Cc4ccccc4C[C@@H]3C2)cc1. The number of β-lactam (4-membered cyclic amide) rings is 1. The number of carbonyl (C=O) groups excluding carboxylic acids is 2. The number of rotatable bonds is 4. The summed E-state index contributed by atoms with van der Waals surface area (Å²) in [6.45, 7) is 0.694. The summed E-state index contributed by atoms with van der Waals surface area (Å²) in [6.07, 6.45) is 5.18. The molecular formula is C26H31N3O2. The highest BCUT2D eigenvalue weighted by Gasteiger charge is 2.54. The minimum atomic E-state index is -0.719. The number of hydrogen-bond donors (Lipinski definition) is 1. The zero-order valence-electron chi connectivity index (χ0n) is 18.4. The molecule has 1 heterocycles. The summed E-state index contributed by atoms with van der Waals surface area (Å²) in [5, 5.41) is 3.15. The Balaban J connectivity index is 1.40. The van der Waals surface area contributed by atoms with Crippen molar-refractivity contribution in [3.63, 3.8) is 0 Å². The normalized spacial score (nSPS) is 27.0. The molecule has 0 spiro atoms. The van der Waals surface area contributed by atoms with Crippen LogP contribution in [0.3, 0.4) is 0 Å². The van der Waals surface area contributed by atoms with Crippen molar-refractivity contribution in [3.8, 4) is 0 Å². The van der Waals surface area contributed by atoms with Crippen LogP contribution in [0.5, 0.6) is 0 Å². The van der Waals surface area contributed by atoms with Gasteiger partial charge < -0.3 is 15.1 Å². The summed E-state index contributed by atoms with van der Waals surface area (Å²) in [5.41, 5.74) is 4.03. The number of nitrogens with zero attached hydrogens (tertiary/aromatic N) is 2. The molecule has 5 rings (SSSR count). The van der Waals surface area contributed by atoms with E-state index in [-0.39, 0.29) is 11.8 Å². The third-order valence-electron chi connectivity index (χ3n) is 7.71. The van der Waals surface area contributed by atoms with Crippen LogP contribution in [0.2, 0.25) is 0 Å². The highest BCUT2D eigenvalue weighted by Crippen LogP contribution is 2.47. The van der Waals surface area contributed by atoms with Gasteiger partial charge in [0, 0.05) is 38.4 Å². The van der Waals surface area contributed by atoms with Gasteiger partial charge in [-0.3, -0.25) is 9.59 Å². The van der Waals surface area contributed by atoms with Crippen molar-refractivity contribution >= 4 is 23.2 Å². The summed E-state index contributed by atoms with van der Waals surface area (Å²) in [4.78, 5) is 30.1. The predicted molar refractivity (Wildman–Crippen MR) is 123 cm³/mol. The summed E-state index contributed by atoms with van der Waals surface area (Å²) < 4.78 is 0. The smallest absolute Gasteiger partial charge is 0.250 e. The second-order valence-corrected chi connectivity index (χ2v) is 9.66. The summed E-state index contributed by atoms with van der Waals surface area (Å²) in [5.74, 6) is 1.15. The Kier molecular flexibility index (Phi) is 4.99. The van der Waals surface area contributed by atoms with Gasteiger partial charge >= 0.3 is 0 Å². The Labute approximate surface area is 184 Å². The van der Waals surface area contributed by atoms with Gasteiger partial charge in [-0.2, -0.15) is 0 Å². The van der Waals surface area contributed by atoms with E-state index in [2.05, 4.69) is 29.6 Å². The highest BCUT2D eigenvalue weighted by atomic mass is 16.2. The number of carbonyl (C=O) groups is 2. The average molecular weight is 418 g/mol. The zero-order valence-corrected chi connectivity index (χ0v) is 18.4. The zero-order chi connectivity index (χ0) is 21.6. The first-order chi connectivity index (χ1) is 15.0. The Morgan fingerprint density at radius 2 is 1.71 bits per heavy atom. The first-order valence-corrected chi connectivity index (χ1v) is 11.4. The fourth-order valence-electron chi connectivity index (χ4n) is 5.82. The first-order valence-electron chi connectivity index (χ1n) is 11.4. The van der Waals surface area contributed by atoms with Crippen molar-refractivity contribution in [1.29, 1.82) is 0 Å². The molecule has 2 aliphatic carbocycles. The molecule has 1 aliphatic heterocycles. The predicted octanol–water partition coefficient (Wildman–Crippen LogP) is 3.88. The first kappa shape index (κ1) is 20.1. The van der Waals surface area contributed by atoms with Gasteiger partial charge in [-0.25, -0.2) is 0 Å². The van der Waals surface area contributed by atoms with Crippen LogP contribution in [-0.2, 0) is 22.4 Å². The molecule has 2 amide bonds. The standard InChI is InChI=1S/C26H31N3O2/c1-28(2)23-9-7-22(8-10-23)27-25(31)26(29-14-12-24(29)30)13-11-20-15-18-5-3-4-6-19(18)16-21(20)17-26/h3-10,20-21H,11-17H2,1-2H3,(H,27,31)/t20-,21+,26-/m0/s1. The molecule has 5 heteroatoms. The van der Waals surface area contributed by atoms with Crippen LogP contribution in [-0.4, -0.2) is 42.9 Å². The van der Waals surface area contributed by atoms with Crippen LogP contribution < -0.4 is 10.2 Å². The number of likely N-dealkylation sites (tertiary alicyclic amines) is 1. The molecule has 2 fully saturated rings. The molecule has 1 saturated carbocycles. The van der Waals surface area contributed by atoms with Crippen LogP contribution in [0.4, 0.5) is 11.4 Å². The van der Waals surface area contributed by atoms with E-state index >= 15 is 0 Å². The molecule has 3 aliphatic rings. The minimum Gasteiger partial charge on any atom is -0.378 e. The van der Waals surface area contributed by atoms with Crippen LogP contribution in [0.15, 0.2) is 48.5 Å². The van der Waals surface area contributed by atoms with Crippen molar-refractivity contribution in [2.45, 2.75) is 44.1 Å². The van der Waals surface area contributed by atoms with Crippen LogP contribution in [0.25, 0.3) is 0 Å². The van der Waals surface area contributed by atoms with Gasteiger partial charge in [0.2, 0.25) is 11.8 Å². The maximum atomic E-state index is 13.7. The molecule has 162 valence electrons. The van der Waals surface area contributed by atoms with Gasteiger partial charge in [0.1, 0.15) is 5.54 Å². The van der Waals surface area contributed by atoms with Crippen molar-refractivity contribution < 1.29 is 9.59 Å². The highest BCUT2D eigenvalue weighted by molar-refractivity contribution is 6.01. The molecule has 1 saturated heterocycles. The average Bonchev–Trinajstić information content (AvgIpc) is 2.76. The molecule has 0 unspecified atom stereocenters. The lowest BCUT2D eigenvalue weighted by Crippen LogP contribution is -2.66. The van der Waals surface area contributed by atoms with Crippen molar-refractivity contribution in [3.05, 3.63) is 59.7 Å². The fourth-order valence-corrected chi connectivity index (χ4v) is 5.82. The third kappa shape index (κ3) is 3.50. The maximum Gasteiger partial charge on any atom is 0.250 e. The Hall–Kier alpha value is -2.82. The van der Waals surface area contributed by atoms with Gasteiger partial charge in [0.15, 0.2) is 0 Å². The van der Waals surface area contributed by atoms with E-state index in [9.17, 15) is 9.59 Å². The van der Waals surface area contributed by atoms with E-state index in [0.29, 0.717) is 24.8 Å². The van der Waals surface area contributed by atoms with Crippen LogP contribution in [0.1, 0.15) is 36.8 Å². The van der Waals surface area contributed by atoms with E-state index in [1.54, 1.807) is 0 Å². The van der Waals surface area contributed by atoms with Gasteiger partial charge in [-0.15, -0.1) is 0 Å². The van der Waals surface area contributed by atoms with Gasteiger partial charge in [0.25, 0.3) is 0 Å². The molecule has 31 heavy (non-hydrogen) atoms. The Bertz CT molecular complexity index is 1000. The summed E-state index contributed by atoms with van der Waals surface area (Å²) in [7, 11) is 4.00. The number of nitrogens with one attached hydrogen (secondary N) is 1. The molecule has 0 aromatic heterocycles. The molecule has 0 radical (unpaired) electrons. The van der Waals surface area contributed by atoms with E-state index < -0.39 is 5.54 Å². The van der Waals surface area contributed by atoms with Crippen LogP contribution in [0, 0.1) is 11.8 Å². The molecule has 2 aromatic rings. The topological polar surface area (TPSA) is 52.7 Å². The molecule has 5 nitrogen and oxygen atoms in total. The molecule has 0 bridgehead atoms. The maximum absolute atomic E-state index is 13.7. The monoisotopic (exact) mass is 417 g/mol. The number of fused-ring (bicyclic) bond motifs is 2.